The van der Waals surface area contributed by atoms with Gasteiger partial charge in [0.1, 0.15) is 23.7 Å². The first-order valence-electron chi connectivity index (χ1n) is 14.8. The molecule has 0 unspecified atom stereocenters. The molecular formula is C32H39N7O6. The Morgan fingerprint density at radius 1 is 1.04 bits per heavy atom. The molecule has 4 amide bonds. The summed E-state index contributed by atoms with van der Waals surface area (Å²) < 4.78 is 5.30. The van der Waals surface area contributed by atoms with Gasteiger partial charge in [0.15, 0.2) is 5.96 Å². The second-order valence-electron chi connectivity index (χ2n) is 11.1. The molecule has 0 radical (unpaired) electrons. The maximum absolute atomic E-state index is 13.7. The number of nitrogens with two attached hydrogens (primary N) is 2. The molecule has 2 heterocycles. The summed E-state index contributed by atoms with van der Waals surface area (Å²) in [6.45, 7) is 3.71. The van der Waals surface area contributed by atoms with Crippen molar-refractivity contribution in [1.29, 1.82) is 0 Å². The quantitative estimate of drug-likeness (QED) is 0.0866. The summed E-state index contributed by atoms with van der Waals surface area (Å²) >= 11 is 0. The Bertz CT molecular complexity index is 1630. The molecule has 45 heavy (non-hydrogen) atoms. The van der Waals surface area contributed by atoms with Crippen molar-refractivity contribution in [3.63, 3.8) is 0 Å². The molecule has 1 aliphatic heterocycles. The van der Waals surface area contributed by atoms with E-state index < -0.39 is 35.6 Å². The van der Waals surface area contributed by atoms with E-state index in [0.717, 1.165) is 16.5 Å². The minimum atomic E-state index is -0.986. The largest absolute Gasteiger partial charge is 0.423 e. The smallest absolute Gasteiger partial charge is 0.336 e. The number of aliphatic imine (C=N–C) groups is 1. The van der Waals surface area contributed by atoms with Gasteiger partial charge in [-0.15, -0.1) is 0 Å². The summed E-state index contributed by atoms with van der Waals surface area (Å²) in [5, 5.41) is 9.07. The van der Waals surface area contributed by atoms with Crippen LogP contribution in [-0.4, -0.2) is 65.7 Å². The molecule has 4 rings (SSSR count). The topological polar surface area (TPSA) is 202 Å². The molecule has 0 saturated carbocycles. The number of benzene rings is 2. The first kappa shape index (κ1) is 32.7. The number of hydrogen-bond donors (Lipinski definition) is 5. The Labute approximate surface area is 260 Å². The minimum Gasteiger partial charge on any atom is -0.423 e. The van der Waals surface area contributed by atoms with Gasteiger partial charge in [-0.25, -0.2) is 4.79 Å². The highest BCUT2D eigenvalue weighted by atomic mass is 16.4. The maximum Gasteiger partial charge on any atom is 0.336 e. The Kier molecular flexibility index (Phi) is 10.9. The van der Waals surface area contributed by atoms with E-state index >= 15 is 0 Å². The zero-order chi connectivity index (χ0) is 32.5. The number of aryl methyl sites for hydroxylation is 1. The first-order valence-corrected chi connectivity index (χ1v) is 14.8. The number of amides is 4. The average Bonchev–Trinajstić information content (AvgIpc) is 3.48. The van der Waals surface area contributed by atoms with Gasteiger partial charge >= 0.3 is 5.63 Å². The van der Waals surface area contributed by atoms with Gasteiger partial charge in [0.2, 0.25) is 23.6 Å². The molecule has 0 bridgehead atoms. The third-order valence-corrected chi connectivity index (χ3v) is 7.59. The lowest BCUT2D eigenvalue weighted by atomic mass is 10.0. The second-order valence-corrected chi connectivity index (χ2v) is 11.1. The Hall–Kier alpha value is -5.20. The molecule has 0 spiro atoms. The van der Waals surface area contributed by atoms with Crippen LogP contribution in [0.3, 0.4) is 0 Å². The number of guanidine groups is 1. The van der Waals surface area contributed by atoms with Gasteiger partial charge in [0.25, 0.3) is 0 Å². The first-order chi connectivity index (χ1) is 21.5. The predicted molar refractivity (Wildman–Crippen MR) is 170 cm³/mol. The van der Waals surface area contributed by atoms with Gasteiger partial charge in [-0.05, 0) is 55.9 Å². The fourth-order valence-corrected chi connectivity index (χ4v) is 5.47. The summed E-state index contributed by atoms with van der Waals surface area (Å²) in [6, 6.07) is 13.0. The molecule has 2 aromatic carbocycles. The predicted octanol–water partition coefficient (Wildman–Crippen LogP) is 1.32. The van der Waals surface area contributed by atoms with E-state index in [2.05, 4.69) is 20.9 Å². The van der Waals surface area contributed by atoms with Crippen LogP contribution >= 0.6 is 0 Å². The van der Waals surface area contributed by atoms with Gasteiger partial charge < -0.3 is 36.7 Å². The summed E-state index contributed by atoms with van der Waals surface area (Å²) in [5.74, 6) is -1.79. The molecule has 3 aromatic rings. The fraction of sp³-hybridized carbons (Fsp3) is 0.375. The van der Waals surface area contributed by atoms with E-state index in [-0.39, 0.29) is 37.2 Å². The lowest BCUT2D eigenvalue weighted by Crippen LogP contribution is -2.56. The van der Waals surface area contributed by atoms with Crippen LogP contribution in [0, 0.1) is 6.92 Å². The highest BCUT2D eigenvalue weighted by Crippen LogP contribution is 2.22. The van der Waals surface area contributed by atoms with Crippen molar-refractivity contribution in [3.05, 3.63) is 76.1 Å². The van der Waals surface area contributed by atoms with Gasteiger partial charge in [0, 0.05) is 49.6 Å². The third-order valence-electron chi connectivity index (χ3n) is 7.59. The van der Waals surface area contributed by atoms with Crippen molar-refractivity contribution in [2.24, 2.45) is 16.5 Å². The highest BCUT2D eigenvalue weighted by Gasteiger charge is 2.38. The summed E-state index contributed by atoms with van der Waals surface area (Å²) in [6.07, 6.45) is 1.85. The van der Waals surface area contributed by atoms with Crippen LogP contribution in [0.2, 0.25) is 0 Å². The third kappa shape index (κ3) is 8.91. The number of anilines is 1. The summed E-state index contributed by atoms with van der Waals surface area (Å²) in [7, 11) is 0. The Morgan fingerprint density at radius 3 is 2.51 bits per heavy atom. The monoisotopic (exact) mass is 617 g/mol. The lowest BCUT2D eigenvalue weighted by Gasteiger charge is -2.30. The number of likely N-dealkylation sites (tertiary alicyclic amines) is 1. The summed E-state index contributed by atoms with van der Waals surface area (Å²) in [5.41, 5.74) is 12.7. The second kappa shape index (κ2) is 15.0. The molecule has 13 nitrogen and oxygen atoms in total. The van der Waals surface area contributed by atoms with Crippen LogP contribution in [0.4, 0.5) is 5.69 Å². The number of fused-ring (bicyclic) bond motifs is 1. The van der Waals surface area contributed by atoms with Crippen LogP contribution in [0.1, 0.15) is 43.7 Å². The van der Waals surface area contributed by atoms with Crippen molar-refractivity contribution in [3.8, 4) is 0 Å². The van der Waals surface area contributed by atoms with Crippen molar-refractivity contribution in [2.45, 2.75) is 64.1 Å². The SMILES string of the molecule is CC(=O)N[C@@H](Cc1ccccc1)C(=O)N1CCC[C@H]1C(=O)N[C@@H](CCCN=C(N)N)C(=O)Nc1ccc2c(C)cc(=O)oc2c1. The fourth-order valence-electron chi connectivity index (χ4n) is 5.47. The van der Waals surface area contributed by atoms with E-state index in [1.165, 1.54) is 17.9 Å². The van der Waals surface area contributed by atoms with Crippen molar-refractivity contribution < 1.29 is 23.6 Å². The molecule has 1 fully saturated rings. The molecule has 238 valence electrons. The highest BCUT2D eigenvalue weighted by molar-refractivity contribution is 6.00. The van der Waals surface area contributed by atoms with Crippen LogP contribution in [0.15, 0.2) is 68.8 Å². The van der Waals surface area contributed by atoms with E-state index in [9.17, 15) is 24.0 Å². The number of hydrogen-bond acceptors (Lipinski definition) is 7. The van der Waals surface area contributed by atoms with E-state index in [1.807, 2.05) is 30.3 Å². The van der Waals surface area contributed by atoms with Gasteiger partial charge in [-0.3, -0.25) is 24.2 Å². The van der Waals surface area contributed by atoms with Crippen LogP contribution in [-0.2, 0) is 25.6 Å². The van der Waals surface area contributed by atoms with Crippen LogP contribution in [0.25, 0.3) is 11.0 Å². The van der Waals surface area contributed by atoms with Gasteiger partial charge in [0.05, 0.1) is 0 Å². The Balaban J connectivity index is 1.50. The van der Waals surface area contributed by atoms with Crippen molar-refractivity contribution in [1.82, 2.24) is 15.5 Å². The number of carbonyl (C=O) groups excluding carboxylic acids is 4. The number of nitrogens with one attached hydrogen (secondary N) is 3. The normalized spacial score (nSPS) is 15.6. The minimum absolute atomic E-state index is 0.0858. The number of rotatable bonds is 12. The van der Waals surface area contributed by atoms with Crippen LogP contribution < -0.4 is 33.0 Å². The molecule has 13 heteroatoms. The van der Waals surface area contributed by atoms with Gasteiger partial charge in [-0.2, -0.15) is 0 Å². The van der Waals surface area contributed by atoms with E-state index in [0.29, 0.717) is 37.1 Å². The average molecular weight is 618 g/mol. The molecular weight excluding hydrogens is 578 g/mol. The van der Waals surface area contributed by atoms with Crippen molar-refractivity contribution in [2.75, 3.05) is 18.4 Å². The van der Waals surface area contributed by atoms with Crippen molar-refractivity contribution >= 4 is 46.2 Å². The molecule has 3 atom stereocenters. The van der Waals surface area contributed by atoms with Gasteiger partial charge in [-0.1, -0.05) is 30.3 Å². The van der Waals surface area contributed by atoms with E-state index in [4.69, 9.17) is 15.9 Å². The molecule has 1 aliphatic rings. The molecule has 1 saturated heterocycles. The molecule has 7 N–H and O–H groups in total. The number of carbonyl (C=O) groups is 4. The molecule has 0 aliphatic carbocycles. The number of nitrogens with zero attached hydrogens (tertiary/aromatic N) is 2. The zero-order valence-corrected chi connectivity index (χ0v) is 25.4. The summed E-state index contributed by atoms with van der Waals surface area (Å²) in [4.78, 5) is 70.1. The Morgan fingerprint density at radius 2 is 1.80 bits per heavy atom. The zero-order valence-electron chi connectivity index (χ0n) is 25.4. The van der Waals surface area contributed by atoms with E-state index in [1.54, 1.807) is 25.1 Å². The molecule has 1 aromatic heterocycles. The maximum atomic E-state index is 13.7. The lowest BCUT2D eigenvalue weighted by molar-refractivity contribution is -0.141. The standard InChI is InChI=1S/C32H39N7O6/c1-19-16-28(41)45-27-18-22(12-13-23(19)27)37-29(42)24(10-6-14-35-32(33)34)38-30(43)26-11-7-15-39(26)31(44)25(36-20(2)40)17-21-8-4-3-5-9-21/h3-5,8-9,12-13,16,18,24-26H,6-7,10-11,14-15,17H2,1-2H3,(H,36,40)(H,37,42)(H,38,43)(H4,33,34,35)/t24-,25-,26-/m0/s1. The van der Waals surface area contributed by atoms with Crippen LogP contribution in [0.5, 0.6) is 0 Å².